The van der Waals surface area contributed by atoms with Gasteiger partial charge in [0.2, 0.25) is 0 Å². The molecule has 3 heteroatoms. The number of rotatable bonds is 1. The van der Waals surface area contributed by atoms with Gasteiger partial charge in [-0.3, -0.25) is 4.79 Å². The van der Waals surface area contributed by atoms with Crippen LogP contribution in [0.5, 0.6) is 0 Å². The Bertz CT molecular complexity index is 301. The zero-order valence-electron chi connectivity index (χ0n) is 6.82. The van der Waals surface area contributed by atoms with Gasteiger partial charge in [0, 0.05) is 17.5 Å². The summed E-state index contributed by atoms with van der Waals surface area (Å²) in [4.78, 5) is 14.7. The minimum atomic E-state index is -0.238. The third kappa shape index (κ3) is 1.92. The molecule has 0 bridgehead atoms. The smallest absolute Gasteiger partial charge is 0.276 e. The van der Waals surface area contributed by atoms with Crippen molar-refractivity contribution in [3.63, 3.8) is 0 Å². The number of amides is 1. The van der Waals surface area contributed by atoms with Crippen LogP contribution in [0.25, 0.3) is 0 Å². The number of nitrogens with zero attached hydrogens (tertiary/aromatic N) is 1. The van der Waals surface area contributed by atoms with E-state index >= 15 is 0 Å². The van der Waals surface area contributed by atoms with Gasteiger partial charge in [-0.2, -0.15) is 0 Å². The summed E-state index contributed by atoms with van der Waals surface area (Å²) < 4.78 is 0. The van der Waals surface area contributed by atoms with Crippen LogP contribution in [0.3, 0.4) is 0 Å². The Morgan fingerprint density at radius 2 is 2.00 bits per heavy atom. The van der Waals surface area contributed by atoms with Crippen molar-refractivity contribution in [2.24, 2.45) is 4.99 Å². The van der Waals surface area contributed by atoms with Crippen molar-refractivity contribution in [1.82, 2.24) is 0 Å². The van der Waals surface area contributed by atoms with Gasteiger partial charge in [0.15, 0.2) is 0 Å². The van der Waals surface area contributed by atoms with Gasteiger partial charge >= 0.3 is 0 Å². The monoisotopic (exact) mass is 162 g/mol. The molecule has 0 atom stereocenters. The third-order valence-electron chi connectivity index (χ3n) is 1.40. The molecule has 1 rings (SSSR count). The highest BCUT2D eigenvalue weighted by atomic mass is 16.1. The van der Waals surface area contributed by atoms with Gasteiger partial charge in [-0.05, 0) is 31.2 Å². The first-order valence-corrected chi connectivity index (χ1v) is 3.62. The Kier molecular flexibility index (Phi) is 2.58. The van der Waals surface area contributed by atoms with Gasteiger partial charge in [-0.25, -0.2) is 4.99 Å². The Morgan fingerprint density at radius 1 is 1.42 bits per heavy atom. The lowest BCUT2D eigenvalue weighted by atomic mass is 10.2. The lowest BCUT2D eigenvalue weighted by Crippen LogP contribution is -1.95. The normalized spacial score (nSPS) is 10.4. The van der Waals surface area contributed by atoms with Gasteiger partial charge in [0.25, 0.3) is 5.91 Å². The summed E-state index contributed by atoms with van der Waals surface area (Å²) >= 11 is 0. The van der Waals surface area contributed by atoms with Crippen molar-refractivity contribution >= 4 is 17.8 Å². The third-order valence-corrected chi connectivity index (χ3v) is 1.40. The van der Waals surface area contributed by atoms with Crippen molar-refractivity contribution in [2.45, 2.75) is 6.92 Å². The molecule has 0 unspecified atom stereocenters. The molecule has 0 saturated carbocycles. The molecule has 3 nitrogen and oxygen atoms in total. The molecule has 0 heterocycles. The van der Waals surface area contributed by atoms with Gasteiger partial charge in [-0.1, -0.05) is 0 Å². The van der Waals surface area contributed by atoms with Crippen LogP contribution in [0.15, 0.2) is 29.3 Å². The van der Waals surface area contributed by atoms with E-state index in [1.54, 1.807) is 31.2 Å². The molecule has 0 fully saturated rings. The van der Waals surface area contributed by atoms with Crippen LogP contribution in [-0.4, -0.2) is 12.1 Å². The molecule has 2 N–H and O–H groups in total. The molecule has 0 aliphatic rings. The molecule has 0 spiro atoms. The Labute approximate surface area is 70.9 Å². The predicted molar refractivity (Wildman–Crippen MR) is 49.4 cm³/mol. The molecule has 0 radical (unpaired) electrons. The fraction of sp³-hybridized carbons (Fsp3) is 0.111. The van der Waals surface area contributed by atoms with Crippen LogP contribution < -0.4 is 5.73 Å². The summed E-state index contributed by atoms with van der Waals surface area (Å²) in [5.74, 6) is -0.238. The second-order valence-corrected chi connectivity index (χ2v) is 2.31. The molecule has 0 saturated heterocycles. The number of carbonyl (C=O) groups excluding carboxylic acids is 1. The van der Waals surface area contributed by atoms with Crippen LogP contribution in [0.4, 0.5) is 5.69 Å². The highest BCUT2D eigenvalue weighted by Gasteiger charge is 2.00. The molecular weight excluding hydrogens is 152 g/mol. The number of benzene rings is 1. The fourth-order valence-electron chi connectivity index (χ4n) is 0.817. The molecule has 1 amide bonds. The van der Waals surface area contributed by atoms with E-state index in [1.807, 2.05) is 0 Å². The number of anilines is 1. The van der Waals surface area contributed by atoms with E-state index in [4.69, 9.17) is 5.73 Å². The average molecular weight is 162 g/mol. The number of nitrogen functional groups attached to an aromatic ring is 1. The molecule has 0 aliphatic carbocycles. The van der Waals surface area contributed by atoms with E-state index in [2.05, 4.69) is 4.99 Å². The van der Waals surface area contributed by atoms with Gasteiger partial charge in [0.05, 0.1) is 0 Å². The van der Waals surface area contributed by atoms with E-state index in [0.29, 0.717) is 11.3 Å². The van der Waals surface area contributed by atoms with Crippen LogP contribution in [0.2, 0.25) is 0 Å². The number of hydrogen-bond donors (Lipinski definition) is 1. The maximum Gasteiger partial charge on any atom is 0.276 e. The summed E-state index contributed by atoms with van der Waals surface area (Å²) in [5, 5.41) is 0. The predicted octanol–water partition coefficient (Wildman–Crippen LogP) is 1.50. The molecule has 1 aromatic carbocycles. The maximum atomic E-state index is 11.1. The topological polar surface area (TPSA) is 55.5 Å². The number of nitrogens with two attached hydrogens (primary N) is 1. The quantitative estimate of drug-likeness (QED) is 0.502. The van der Waals surface area contributed by atoms with Crippen molar-refractivity contribution in [3.8, 4) is 0 Å². The van der Waals surface area contributed by atoms with Crippen LogP contribution in [-0.2, 0) is 0 Å². The standard InChI is InChI=1S/C9H10N2O/c1-2-11-9(12)7-3-5-8(10)6-4-7/h2-6H,10H2,1H3. The zero-order valence-corrected chi connectivity index (χ0v) is 6.82. The van der Waals surface area contributed by atoms with E-state index in [9.17, 15) is 4.79 Å². The second kappa shape index (κ2) is 3.67. The van der Waals surface area contributed by atoms with Crippen LogP contribution in [0, 0.1) is 0 Å². The number of hydrogen-bond acceptors (Lipinski definition) is 2. The number of carbonyl (C=O) groups is 1. The first kappa shape index (κ1) is 8.46. The minimum absolute atomic E-state index is 0.238. The van der Waals surface area contributed by atoms with Crippen LogP contribution >= 0.6 is 0 Å². The van der Waals surface area contributed by atoms with E-state index in [1.165, 1.54) is 6.21 Å². The van der Waals surface area contributed by atoms with Gasteiger partial charge in [-0.15, -0.1) is 0 Å². The molecule has 12 heavy (non-hydrogen) atoms. The second-order valence-electron chi connectivity index (χ2n) is 2.31. The summed E-state index contributed by atoms with van der Waals surface area (Å²) in [7, 11) is 0. The van der Waals surface area contributed by atoms with Crippen molar-refractivity contribution in [3.05, 3.63) is 29.8 Å². The first-order chi connectivity index (χ1) is 5.74. The summed E-state index contributed by atoms with van der Waals surface area (Å²) in [6.45, 7) is 1.70. The summed E-state index contributed by atoms with van der Waals surface area (Å²) in [5.41, 5.74) is 6.65. The maximum absolute atomic E-state index is 11.1. The SMILES string of the molecule is CC=NC(=O)c1ccc(N)cc1. The number of aliphatic imine (C=N–C) groups is 1. The zero-order chi connectivity index (χ0) is 8.97. The van der Waals surface area contributed by atoms with Crippen molar-refractivity contribution < 1.29 is 4.79 Å². The molecule has 62 valence electrons. The van der Waals surface area contributed by atoms with E-state index < -0.39 is 0 Å². The Balaban J connectivity index is 2.90. The van der Waals surface area contributed by atoms with Crippen molar-refractivity contribution in [1.29, 1.82) is 0 Å². The molecular formula is C9H10N2O. The lowest BCUT2D eigenvalue weighted by Gasteiger charge is -1.94. The average Bonchev–Trinajstić information content (AvgIpc) is 2.06. The summed E-state index contributed by atoms with van der Waals surface area (Å²) in [6, 6.07) is 6.67. The highest BCUT2D eigenvalue weighted by molar-refractivity contribution is 5.98. The molecule has 1 aromatic rings. The molecule has 0 aliphatic heterocycles. The van der Waals surface area contributed by atoms with Gasteiger partial charge in [0.1, 0.15) is 0 Å². The Hall–Kier alpha value is -1.64. The van der Waals surface area contributed by atoms with E-state index in [-0.39, 0.29) is 5.91 Å². The highest BCUT2D eigenvalue weighted by Crippen LogP contribution is 2.06. The largest absolute Gasteiger partial charge is 0.399 e. The van der Waals surface area contributed by atoms with E-state index in [0.717, 1.165) is 0 Å². The fourth-order valence-corrected chi connectivity index (χ4v) is 0.817. The molecule has 0 aromatic heterocycles. The lowest BCUT2D eigenvalue weighted by molar-refractivity contribution is 0.100. The minimum Gasteiger partial charge on any atom is -0.399 e. The van der Waals surface area contributed by atoms with Gasteiger partial charge < -0.3 is 5.73 Å². The summed E-state index contributed by atoms with van der Waals surface area (Å²) in [6.07, 6.45) is 1.47. The van der Waals surface area contributed by atoms with Crippen molar-refractivity contribution in [2.75, 3.05) is 5.73 Å². The first-order valence-electron chi connectivity index (χ1n) is 3.62. The Morgan fingerprint density at radius 3 is 2.50 bits per heavy atom. The van der Waals surface area contributed by atoms with Crippen LogP contribution in [0.1, 0.15) is 17.3 Å².